The maximum Gasteiger partial charge on any atom is 0.0367 e. The van der Waals surface area contributed by atoms with E-state index in [4.69, 9.17) is 5.73 Å². The van der Waals surface area contributed by atoms with Crippen LogP contribution in [0, 0.1) is 0 Å². The van der Waals surface area contributed by atoms with Crippen molar-refractivity contribution in [1.29, 1.82) is 0 Å². The van der Waals surface area contributed by atoms with Gasteiger partial charge in [-0.3, -0.25) is 0 Å². The van der Waals surface area contributed by atoms with Crippen molar-refractivity contribution in [2.45, 2.75) is 6.92 Å². The van der Waals surface area contributed by atoms with Gasteiger partial charge in [-0.1, -0.05) is 18.7 Å². The number of nitrogens with two attached hydrogens (primary N) is 1. The number of rotatable bonds is 4. The van der Waals surface area contributed by atoms with Gasteiger partial charge < -0.3 is 11.1 Å². The predicted octanol–water partition coefficient (Wildman–Crippen LogP) is 1.69. The first-order valence-corrected chi connectivity index (χ1v) is 3.82. The van der Waals surface area contributed by atoms with E-state index < -0.39 is 0 Å². The van der Waals surface area contributed by atoms with Gasteiger partial charge in [-0.25, -0.2) is 0 Å². The van der Waals surface area contributed by atoms with E-state index in [1.54, 1.807) is 12.2 Å². The van der Waals surface area contributed by atoms with E-state index in [2.05, 4.69) is 11.9 Å². The van der Waals surface area contributed by atoms with Crippen LogP contribution in [0.1, 0.15) is 6.92 Å². The summed E-state index contributed by atoms with van der Waals surface area (Å²) >= 11 is 0. The molecule has 0 aliphatic rings. The maximum absolute atomic E-state index is 5.21. The summed E-state index contributed by atoms with van der Waals surface area (Å²) in [7, 11) is 1.87. The van der Waals surface area contributed by atoms with E-state index in [-0.39, 0.29) is 0 Å². The third-order valence-electron chi connectivity index (χ3n) is 1.44. The molecular formula is C10H16N2. The largest absolute Gasteiger partial charge is 0.405 e. The van der Waals surface area contributed by atoms with Crippen LogP contribution in [0.3, 0.4) is 0 Å². The molecule has 0 rings (SSSR count). The van der Waals surface area contributed by atoms with Crippen molar-refractivity contribution >= 4 is 0 Å². The summed E-state index contributed by atoms with van der Waals surface area (Å²) < 4.78 is 0. The number of hydrogen-bond donors (Lipinski definition) is 2. The van der Waals surface area contributed by atoms with Gasteiger partial charge >= 0.3 is 0 Å². The molecule has 2 nitrogen and oxygen atoms in total. The van der Waals surface area contributed by atoms with Gasteiger partial charge in [-0.15, -0.1) is 0 Å². The van der Waals surface area contributed by atoms with E-state index in [1.165, 1.54) is 6.20 Å². The van der Waals surface area contributed by atoms with Crippen LogP contribution in [0.15, 0.2) is 48.4 Å². The van der Waals surface area contributed by atoms with Gasteiger partial charge in [0, 0.05) is 12.7 Å². The highest BCUT2D eigenvalue weighted by Gasteiger charge is 1.92. The second-order valence-corrected chi connectivity index (χ2v) is 2.30. The lowest BCUT2D eigenvalue weighted by Gasteiger charge is -2.04. The summed E-state index contributed by atoms with van der Waals surface area (Å²) in [4.78, 5) is 0. The van der Waals surface area contributed by atoms with Crippen LogP contribution in [0.4, 0.5) is 0 Å². The van der Waals surface area contributed by atoms with Crippen molar-refractivity contribution in [1.82, 2.24) is 5.32 Å². The molecule has 3 N–H and O–H groups in total. The highest BCUT2D eigenvalue weighted by atomic mass is 14.8. The maximum atomic E-state index is 5.21. The molecule has 0 heterocycles. The molecule has 2 heteroatoms. The molecule has 0 radical (unpaired) electrons. The average molecular weight is 164 g/mol. The lowest BCUT2D eigenvalue weighted by molar-refractivity contribution is 0.999. The van der Waals surface area contributed by atoms with Crippen LogP contribution in [0.25, 0.3) is 0 Å². The van der Waals surface area contributed by atoms with Crippen molar-refractivity contribution in [2.75, 3.05) is 7.05 Å². The first-order valence-electron chi connectivity index (χ1n) is 3.82. The van der Waals surface area contributed by atoms with Crippen LogP contribution in [0.2, 0.25) is 0 Å². The normalized spacial score (nSPS) is 13.5. The van der Waals surface area contributed by atoms with E-state index in [1.807, 2.05) is 26.1 Å². The van der Waals surface area contributed by atoms with Crippen LogP contribution in [0.5, 0.6) is 0 Å². The minimum Gasteiger partial charge on any atom is -0.405 e. The Hall–Kier alpha value is -1.44. The Morgan fingerprint density at radius 2 is 2.08 bits per heavy atom. The van der Waals surface area contributed by atoms with Crippen molar-refractivity contribution in [3.05, 3.63) is 48.4 Å². The van der Waals surface area contributed by atoms with Gasteiger partial charge in [-0.2, -0.15) is 0 Å². The quantitative estimate of drug-likeness (QED) is 0.620. The Kier molecular flexibility index (Phi) is 5.53. The third kappa shape index (κ3) is 3.66. The van der Waals surface area contributed by atoms with Crippen molar-refractivity contribution in [3.8, 4) is 0 Å². The molecular weight excluding hydrogens is 148 g/mol. The molecule has 0 spiro atoms. The summed E-state index contributed by atoms with van der Waals surface area (Å²) in [5, 5.41) is 3.06. The molecule has 0 aromatic rings. The number of allylic oxidation sites excluding steroid dienone is 5. The summed E-state index contributed by atoms with van der Waals surface area (Å²) in [6.07, 6.45) is 8.89. The first kappa shape index (κ1) is 10.6. The average Bonchev–Trinajstić information content (AvgIpc) is 2.10. The fourth-order valence-corrected chi connectivity index (χ4v) is 0.819. The summed E-state index contributed by atoms with van der Waals surface area (Å²) in [5.41, 5.74) is 7.38. The Labute approximate surface area is 74.2 Å². The minimum absolute atomic E-state index is 1.04. The topological polar surface area (TPSA) is 38.0 Å². The second kappa shape index (κ2) is 6.28. The van der Waals surface area contributed by atoms with Crippen LogP contribution in [-0.4, -0.2) is 7.05 Å². The molecule has 12 heavy (non-hydrogen) atoms. The summed E-state index contributed by atoms with van der Waals surface area (Å²) in [6.45, 7) is 5.63. The Morgan fingerprint density at radius 3 is 2.50 bits per heavy atom. The van der Waals surface area contributed by atoms with Crippen LogP contribution in [-0.2, 0) is 0 Å². The van der Waals surface area contributed by atoms with Gasteiger partial charge in [0.15, 0.2) is 0 Å². The van der Waals surface area contributed by atoms with Gasteiger partial charge in [0.1, 0.15) is 0 Å². The van der Waals surface area contributed by atoms with Gasteiger partial charge in [0.25, 0.3) is 0 Å². The van der Waals surface area contributed by atoms with Crippen LogP contribution >= 0.6 is 0 Å². The van der Waals surface area contributed by atoms with E-state index >= 15 is 0 Å². The smallest absolute Gasteiger partial charge is 0.0367 e. The van der Waals surface area contributed by atoms with Crippen molar-refractivity contribution < 1.29 is 0 Å². The molecule has 0 bridgehead atoms. The second-order valence-electron chi connectivity index (χ2n) is 2.30. The Balaban J connectivity index is 4.51. The van der Waals surface area contributed by atoms with E-state index in [0.717, 1.165) is 11.3 Å². The highest BCUT2D eigenvalue weighted by Crippen LogP contribution is 2.04. The molecule has 0 unspecified atom stereocenters. The molecule has 0 aromatic heterocycles. The fourth-order valence-electron chi connectivity index (χ4n) is 0.819. The lowest BCUT2D eigenvalue weighted by atomic mass is 10.2. The summed E-state index contributed by atoms with van der Waals surface area (Å²) in [5.74, 6) is 0. The van der Waals surface area contributed by atoms with Crippen molar-refractivity contribution in [3.63, 3.8) is 0 Å². The zero-order valence-electron chi connectivity index (χ0n) is 7.67. The number of likely N-dealkylation sites (N-methyl/N-ethyl adjacent to an activating group) is 1. The van der Waals surface area contributed by atoms with Gasteiger partial charge in [-0.05, 0) is 30.8 Å². The lowest BCUT2D eigenvalue weighted by Crippen LogP contribution is -2.06. The zero-order chi connectivity index (χ0) is 9.40. The molecule has 0 aromatic carbocycles. The molecule has 0 fully saturated rings. The molecule has 0 aliphatic carbocycles. The minimum atomic E-state index is 1.04. The van der Waals surface area contributed by atoms with Crippen molar-refractivity contribution in [2.24, 2.45) is 5.73 Å². The first-order chi connectivity index (χ1) is 5.76. The Bertz CT molecular complexity index is 222. The number of nitrogens with one attached hydrogen (secondary N) is 1. The molecule has 66 valence electrons. The monoisotopic (exact) mass is 164 g/mol. The predicted molar refractivity (Wildman–Crippen MR) is 54.4 cm³/mol. The standard InChI is InChI=1S/C10H16N2/c1-4-6-10(12-3)9(2)7-5-8-11/h4-8,12H,1,11H2,2-3H3/b8-5-,9-7+,10-6-. The Morgan fingerprint density at radius 1 is 1.42 bits per heavy atom. The van der Waals surface area contributed by atoms with Gasteiger partial charge in [0.2, 0.25) is 0 Å². The molecule has 0 saturated carbocycles. The third-order valence-corrected chi connectivity index (χ3v) is 1.44. The zero-order valence-corrected chi connectivity index (χ0v) is 7.67. The van der Waals surface area contributed by atoms with E-state index in [9.17, 15) is 0 Å². The molecule has 0 atom stereocenters. The summed E-state index contributed by atoms with van der Waals surface area (Å²) in [6, 6.07) is 0. The number of hydrogen-bond acceptors (Lipinski definition) is 2. The fraction of sp³-hybridized carbons (Fsp3) is 0.200. The van der Waals surface area contributed by atoms with Crippen LogP contribution < -0.4 is 11.1 Å². The SMILES string of the molecule is C=C/C=C(NC)/C(C)=C/C=C\N. The molecule has 0 saturated heterocycles. The molecule has 0 amide bonds. The van der Waals surface area contributed by atoms with Gasteiger partial charge in [0.05, 0.1) is 0 Å². The molecule has 0 aliphatic heterocycles. The highest BCUT2D eigenvalue weighted by molar-refractivity contribution is 5.32. The van der Waals surface area contributed by atoms with E-state index in [0.29, 0.717) is 0 Å².